The van der Waals surface area contributed by atoms with Crippen molar-refractivity contribution in [3.8, 4) is 0 Å². The molecule has 4 aromatic carbocycles. The third kappa shape index (κ3) is 4.01. The number of hydrogen-bond donors (Lipinski definition) is 1. The summed E-state index contributed by atoms with van der Waals surface area (Å²) in [6.45, 7) is -0.523. The van der Waals surface area contributed by atoms with Gasteiger partial charge in [0, 0.05) is 22.0 Å². The van der Waals surface area contributed by atoms with E-state index in [-0.39, 0.29) is 34.9 Å². The van der Waals surface area contributed by atoms with Gasteiger partial charge in [0.05, 0.1) is 23.1 Å². The number of esters is 1. The van der Waals surface area contributed by atoms with E-state index in [4.69, 9.17) is 4.74 Å². The van der Waals surface area contributed by atoms with Crippen LogP contribution in [-0.4, -0.2) is 30.3 Å². The SMILES string of the molecule is O=C(COC(=O)c1ccccc1N1C(=O)[C@@H]2C3c4ccccc4C(c4ccccc43)[C@@H]2C1=O)Nc1ccc(Br)cc1. The van der Waals surface area contributed by atoms with Crippen LogP contribution in [0.4, 0.5) is 11.4 Å². The Morgan fingerprint density at radius 1 is 0.707 bits per heavy atom. The predicted octanol–water partition coefficient (Wildman–Crippen LogP) is 5.64. The van der Waals surface area contributed by atoms with Crippen molar-refractivity contribution in [2.24, 2.45) is 11.8 Å². The molecular weight excluding hydrogens is 584 g/mol. The molecule has 8 rings (SSSR count). The van der Waals surface area contributed by atoms with Crippen LogP contribution in [0.15, 0.2) is 102 Å². The molecule has 4 aliphatic rings. The number of carbonyl (C=O) groups excluding carboxylic acids is 4. The van der Waals surface area contributed by atoms with Gasteiger partial charge in [0.15, 0.2) is 6.61 Å². The predicted molar refractivity (Wildman–Crippen MR) is 156 cm³/mol. The Morgan fingerprint density at radius 3 is 1.73 bits per heavy atom. The van der Waals surface area contributed by atoms with Crippen LogP contribution in [0, 0.1) is 11.8 Å². The molecule has 2 bridgehead atoms. The first-order chi connectivity index (χ1) is 19.9. The van der Waals surface area contributed by atoms with Crippen LogP contribution in [0.3, 0.4) is 0 Å². The van der Waals surface area contributed by atoms with Gasteiger partial charge in [0.25, 0.3) is 5.91 Å². The number of rotatable bonds is 5. The number of ether oxygens (including phenoxy) is 1. The van der Waals surface area contributed by atoms with Crippen LogP contribution in [0.1, 0.15) is 44.4 Å². The molecule has 41 heavy (non-hydrogen) atoms. The van der Waals surface area contributed by atoms with Crippen molar-refractivity contribution < 1.29 is 23.9 Å². The summed E-state index contributed by atoms with van der Waals surface area (Å²) >= 11 is 3.34. The minimum atomic E-state index is -0.795. The Labute approximate surface area is 244 Å². The molecule has 1 N–H and O–H groups in total. The van der Waals surface area contributed by atoms with Gasteiger partial charge in [0.2, 0.25) is 11.8 Å². The van der Waals surface area contributed by atoms with Gasteiger partial charge in [-0.05, 0) is 58.7 Å². The van der Waals surface area contributed by atoms with Gasteiger partial charge >= 0.3 is 5.97 Å². The molecule has 4 aromatic rings. The monoisotopic (exact) mass is 606 g/mol. The van der Waals surface area contributed by atoms with Gasteiger partial charge < -0.3 is 10.1 Å². The molecule has 0 aromatic heterocycles. The zero-order valence-electron chi connectivity index (χ0n) is 21.6. The second-order valence-corrected chi connectivity index (χ2v) is 11.3. The minimum Gasteiger partial charge on any atom is -0.452 e. The lowest BCUT2D eigenvalue weighted by Gasteiger charge is -2.45. The molecule has 3 aliphatic carbocycles. The summed E-state index contributed by atoms with van der Waals surface area (Å²) in [6.07, 6.45) is 0. The molecular formula is C33H23BrN2O5. The molecule has 8 heteroatoms. The van der Waals surface area contributed by atoms with E-state index in [1.165, 1.54) is 6.07 Å². The van der Waals surface area contributed by atoms with Crippen molar-refractivity contribution in [2.75, 3.05) is 16.8 Å². The van der Waals surface area contributed by atoms with E-state index in [0.717, 1.165) is 31.6 Å². The van der Waals surface area contributed by atoms with E-state index < -0.39 is 30.3 Å². The lowest BCUT2D eigenvalue weighted by molar-refractivity contribution is -0.122. The molecule has 1 saturated heterocycles. The molecule has 0 spiro atoms. The lowest BCUT2D eigenvalue weighted by atomic mass is 9.55. The summed E-state index contributed by atoms with van der Waals surface area (Å²) in [5.74, 6) is -3.60. The molecule has 1 heterocycles. The highest BCUT2D eigenvalue weighted by molar-refractivity contribution is 9.10. The van der Waals surface area contributed by atoms with E-state index in [0.29, 0.717) is 5.69 Å². The van der Waals surface area contributed by atoms with E-state index in [9.17, 15) is 19.2 Å². The average molecular weight is 607 g/mol. The summed E-state index contributed by atoms with van der Waals surface area (Å²) in [7, 11) is 0. The molecule has 3 amide bonds. The smallest absolute Gasteiger partial charge is 0.340 e. The van der Waals surface area contributed by atoms with Crippen LogP contribution in [0.2, 0.25) is 0 Å². The normalized spacial score (nSPS) is 21.6. The first kappa shape index (κ1) is 25.4. The fraction of sp³-hybridized carbons (Fsp3) is 0.152. The van der Waals surface area contributed by atoms with Crippen molar-refractivity contribution in [3.63, 3.8) is 0 Å². The standard InChI is InChI=1S/C33H23BrN2O5/c34-18-13-15-19(16-14-18)35-26(37)17-41-33(40)24-11-5-6-12-25(24)36-31(38)29-27-20-7-1-2-8-21(20)28(30(29)32(36)39)23-10-4-3-9-22(23)27/h1-16,27-30H,17H2,(H,35,37)/t27?,28?,29-,30+. The van der Waals surface area contributed by atoms with Gasteiger partial charge in [-0.25, -0.2) is 9.69 Å². The maximum atomic E-state index is 14.1. The van der Waals surface area contributed by atoms with Crippen LogP contribution in [-0.2, 0) is 19.1 Å². The van der Waals surface area contributed by atoms with Crippen LogP contribution in [0.25, 0.3) is 0 Å². The minimum absolute atomic E-state index is 0.0478. The third-order valence-electron chi connectivity index (χ3n) is 8.28. The highest BCUT2D eigenvalue weighted by Gasteiger charge is 2.62. The number of carbonyl (C=O) groups is 4. The lowest BCUT2D eigenvalue weighted by Crippen LogP contribution is -2.41. The zero-order valence-corrected chi connectivity index (χ0v) is 23.2. The van der Waals surface area contributed by atoms with E-state index in [1.54, 1.807) is 42.5 Å². The molecule has 7 nitrogen and oxygen atoms in total. The second-order valence-electron chi connectivity index (χ2n) is 10.4. The van der Waals surface area contributed by atoms with E-state index in [2.05, 4.69) is 21.2 Å². The number of nitrogens with one attached hydrogen (secondary N) is 1. The summed E-state index contributed by atoms with van der Waals surface area (Å²) < 4.78 is 6.19. The Balaban J connectivity index is 1.18. The fourth-order valence-corrected chi connectivity index (χ4v) is 6.96. The second kappa shape index (κ2) is 9.82. The summed E-state index contributed by atoms with van der Waals surface area (Å²) in [6, 6.07) is 29.4. The van der Waals surface area contributed by atoms with Crippen molar-refractivity contribution >= 4 is 51.0 Å². The Hall–Kier alpha value is -4.56. The molecule has 0 saturated carbocycles. The van der Waals surface area contributed by atoms with Crippen molar-refractivity contribution in [3.05, 3.63) is 129 Å². The maximum absolute atomic E-state index is 14.1. The molecule has 2 atom stereocenters. The van der Waals surface area contributed by atoms with Gasteiger partial charge in [-0.3, -0.25) is 14.4 Å². The molecule has 1 aliphatic heterocycles. The first-order valence-corrected chi connectivity index (χ1v) is 14.1. The number of benzene rings is 4. The number of amides is 3. The van der Waals surface area contributed by atoms with E-state index in [1.807, 2.05) is 48.5 Å². The number of halogens is 1. The molecule has 0 unspecified atom stereocenters. The Bertz CT molecular complexity index is 1640. The van der Waals surface area contributed by atoms with Crippen molar-refractivity contribution in [1.29, 1.82) is 0 Å². The fourth-order valence-electron chi connectivity index (χ4n) is 6.70. The largest absolute Gasteiger partial charge is 0.452 e. The number of imide groups is 1. The number of hydrogen-bond acceptors (Lipinski definition) is 5. The number of nitrogens with zero attached hydrogens (tertiary/aromatic N) is 1. The number of para-hydroxylation sites is 1. The Morgan fingerprint density at radius 2 is 1.20 bits per heavy atom. The van der Waals surface area contributed by atoms with Gasteiger partial charge in [-0.15, -0.1) is 0 Å². The summed E-state index contributed by atoms with van der Waals surface area (Å²) in [5.41, 5.74) is 5.07. The van der Waals surface area contributed by atoms with Gasteiger partial charge in [-0.1, -0.05) is 76.6 Å². The molecule has 0 radical (unpaired) electrons. The van der Waals surface area contributed by atoms with E-state index >= 15 is 0 Å². The molecule has 202 valence electrons. The van der Waals surface area contributed by atoms with Crippen molar-refractivity contribution in [1.82, 2.24) is 0 Å². The highest BCUT2D eigenvalue weighted by atomic mass is 79.9. The van der Waals surface area contributed by atoms with Gasteiger partial charge in [0.1, 0.15) is 0 Å². The summed E-state index contributed by atoms with van der Waals surface area (Å²) in [5, 5.41) is 2.67. The van der Waals surface area contributed by atoms with Crippen molar-refractivity contribution in [2.45, 2.75) is 11.8 Å². The highest BCUT2D eigenvalue weighted by Crippen LogP contribution is 2.61. The third-order valence-corrected chi connectivity index (χ3v) is 8.80. The molecule has 1 fully saturated rings. The van der Waals surface area contributed by atoms with Crippen LogP contribution >= 0.6 is 15.9 Å². The van der Waals surface area contributed by atoms with Gasteiger partial charge in [-0.2, -0.15) is 0 Å². The maximum Gasteiger partial charge on any atom is 0.340 e. The number of anilines is 2. The quantitative estimate of drug-likeness (QED) is 0.234. The zero-order chi connectivity index (χ0) is 28.2. The first-order valence-electron chi connectivity index (χ1n) is 13.3. The van der Waals surface area contributed by atoms with Crippen LogP contribution in [0.5, 0.6) is 0 Å². The van der Waals surface area contributed by atoms with Crippen LogP contribution < -0.4 is 10.2 Å². The summed E-state index contributed by atoms with van der Waals surface area (Å²) in [4.78, 5) is 55.0. The topological polar surface area (TPSA) is 92.8 Å². The average Bonchev–Trinajstić information content (AvgIpc) is 3.27. The Kier molecular flexibility index (Phi) is 6.08.